The summed E-state index contributed by atoms with van der Waals surface area (Å²) in [5.41, 5.74) is 7.48. The summed E-state index contributed by atoms with van der Waals surface area (Å²) in [6, 6.07) is 10.8. The molecule has 0 aliphatic heterocycles. The van der Waals surface area contributed by atoms with Crippen LogP contribution in [-0.4, -0.2) is 81.3 Å². The normalized spacial score (nSPS) is 11.6. The summed E-state index contributed by atoms with van der Waals surface area (Å²) in [7, 11) is 7.96. The third-order valence-corrected chi connectivity index (χ3v) is 6.68. The number of nitrogens with one attached hydrogen (secondary N) is 3. The zero-order valence-corrected chi connectivity index (χ0v) is 22.7. The molecule has 0 amide bonds. The van der Waals surface area contributed by atoms with Gasteiger partial charge in [0.25, 0.3) is 0 Å². The van der Waals surface area contributed by atoms with Gasteiger partial charge in [-0.2, -0.15) is 5.10 Å². The van der Waals surface area contributed by atoms with Crippen molar-refractivity contribution in [1.29, 1.82) is 0 Å². The Morgan fingerprint density at radius 2 is 1.77 bits per heavy atom. The number of nitrogens with zero attached hydrogens (tertiary/aromatic N) is 7. The lowest BCUT2D eigenvalue weighted by atomic mass is 10.1. The third kappa shape index (κ3) is 4.94. The summed E-state index contributed by atoms with van der Waals surface area (Å²) in [5, 5.41) is 11.6. The molecule has 6 rings (SSSR count). The van der Waals surface area contributed by atoms with E-state index in [9.17, 15) is 4.39 Å². The lowest BCUT2D eigenvalue weighted by molar-refractivity contribution is 0.425. The number of aromatic nitrogens is 7. The maximum Gasteiger partial charge on any atom is 0.181 e. The van der Waals surface area contributed by atoms with Crippen molar-refractivity contribution in [3.63, 3.8) is 0 Å². The molecule has 0 bridgehead atoms. The Morgan fingerprint density at radius 1 is 0.925 bits per heavy atom. The molecule has 5 heterocycles. The van der Waals surface area contributed by atoms with E-state index in [1.807, 2.05) is 63.7 Å². The fourth-order valence-electron chi connectivity index (χ4n) is 4.59. The third-order valence-electron chi connectivity index (χ3n) is 6.68. The van der Waals surface area contributed by atoms with Crippen LogP contribution in [0.15, 0.2) is 61.2 Å². The summed E-state index contributed by atoms with van der Waals surface area (Å²) in [5.74, 6) is 0.247. The van der Waals surface area contributed by atoms with E-state index in [0.29, 0.717) is 46.2 Å². The first-order valence-corrected chi connectivity index (χ1v) is 12.9. The number of hydrogen-bond acceptors (Lipinski definition) is 8. The zero-order chi connectivity index (χ0) is 27.8. The topological polar surface area (TPSA) is 115 Å². The summed E-state index contributed by atoms with van der Waals surface area (Å²) in [6.07, 6.45) is 7.12. The van der Waals surface area contributed by atoms with Gasteiger partial charge in [0.2, 0.25) is 0 Å². The molecule has 6 aromatic rings. The Hall–Kier alpha value is -4.90. The van der Waals surface area contributed by atoms with Gasteiger partial charge in [-0.1, -0.05) is 0 Å². The molecule has 1 aromatic carbocycles. The molecule has 11 heteroatoms. The van der Waals surface area contributed by atoms with Gasteiger partial charge in [0.15, 0.2) is 11.5 Å². The molecule has 0 aliphatic carbocycles. The number of imidazole rings is 1. The molecular weight excluding hydrogens is 507 g/mol. The van der Waals surface area contributed by atoms with Gasteiger partial charge < -0.3 is 20.1 Å². The number of hydrogen-bond donors (Lipinski definition) is 3. The standard InChI is InChI=1S/C29H29FN10/c1-39(2)8-7-32-21-10-17(9-20(30)13-21)25-27-24(5-6-33-25)35-29(36-27)26-23-12-19(15-34-28(23)38-37-26)18-11-22(40(3)4)16-31-14-18/h5-6,9-16,32H,7-8H2,1-4H3,(H,35,36)(H,34,37,38). The smallest absolute Gasteiger partial charge is 0.181 e. The lowest BCUT2D eigenvalue weighted by Gasteiger charge is -2.12. The summed E-state index contributed by atoms with van der Waals surface area (Å²) in [4.78, 5) is 25.8. The molecule has 202 valence electrons. The van der Waals surface area contributed by atoms with E-state index >= 15 is 0 Å². The highest BCUT2D eigenvalue weighted by atomic mass is 19.1. The Bertz CT molecular complexity index is 1820. The lowest BCUT2D eigenvalue weighted by Crippen LogP contribution is -2.20. The van der Waals surface area contributed by atoms with Crippen LogP contribution in [-0.2, 0) is 0 Å². The van der Waals surface area contributed by atoms with Crippen LogP contribution in [0.3, 0.4) is 0 Å². The van der Waals surface area contributed by atoms with Gasteiger partial charge in [-0.05, 0) is 50.5 Å². The Balaban J connectivity index is 1.39. The van der Waals surface area contributed by atoms with Crippen LogP contribution in [0.25, 0.3) is 56.0 Å². The molecule has 0 aliphatic rings. The number of likely N-dealkylation sites (N-methyl/N-ethyl adjacent to an activating group) is 1. The molecule has 0 saturated carbocycles. The Labute approximate surface area is 230 Å². The minimum Gasteiger partial charge on any atom is -0.384 e. The minimum absolute atomic E-state index is 0.342. The van der Waals surface area contributed by atoms with E-state index in [4.69, 9.17) is 4.98 Å². The summed E-state index contributed by atoms with van der Waals surface area (Å²) < 4.78 is 14.6. The number of H-pyrrole nitrogens is 2. The van der Waals surface area contributed by atoms with Crippen molar-refractivity contribution in [3.8, 4) is 33.9 Å². The number of fused-ring (bicyclic) bond motifs is 2. The van der Waals surface area contributed by atoms with E-state index < -0.39 is 0 Å². The number of halogens is 1. The van der Waals surface area contributed by atoms with Gasteiger partial charge in [-0.3, -0.25) is 15.1 Å². The molecule has 40 heavy (non-hydrogen) atoms. The maximum atomic E-state index is 14.6. The van der Waals surface area contributed by atoms with Crippen LogP contribution < -0.4 is 10.2 Å². The van der Waals surface area contributed by atoms with Crippen molar-refractivity contribution >= 4 is 33.4 Å². The average Bonchev–Trinajstić information content (AvgIpc) is 3.56. The quantitative estimate of drug-likeness (QED) is 0.254. The number of anilines is 2. The molecule has 3 N–H and O–H groups in total. The van der Waals surface area contributed by atoms with Crippen molar-refractivity contribution < 1.29 is 4.39 Å². The largest absolute Gasteiger partial charge is 0.384 e. The Kier molecular flexibility index (Phi) is 6.56. The van der Waals surface area contributed by atoms with Crippen molar-refractivity contribution in [1.82, 2.24) is 40.0 Å². The maximum absolute atomic E-state index is 14.6. The van der Waals surface area contributed by atoms with Gasteiger partial charge in [0, 0.05) is 68.2 Å². The fraction of sp³-hybridized carbons (Fsp3) is 0.207. The van der Waals surface area contributed by atoms with Gasteiger partial charge >= 0.3 is 0 Å². The van der Waals surface area contributed by atoms with Crippen LogP contribution in [0.1, 0.15) is 0 Å². The first kappa shape index (κ1) is 25.4. The van der Waals surface area contributed by atoms with Crippen LogP contribution >= 0.6 is 0 Å². The molecule has 0 fully saturated rings. The highest BCUT2D eigenvalue weighted by Gasteiger charge is 2.17. The number of pyridine rings is 3. The molecular formula is C29H29FN10. The van der Waals surface area contributed by atoms with E-state index in [-0.39, 0.29) is 5.82 Å². The second kappa shape index (κ2) is 10.3. The molecule has 5 aromatic heterocycles. The van der Waals surface area contributed by atoms with Crippen LogP contribution in [0.4, 0.5) is 15.8 Å². The summed E-state index contributed by atoms with van der Waals surface area (Å²) >= 11 is 0. The second-order valence-corrected chi connectivity index (χ2v) is 10.1. The van der Waals surface area contributed by atoms with Crippen LogP contribution in [0.5, 0.6) is 0 Å². The molecule has 0 spiro atoms. The zero-order valence-electron chi connectivity index (χ0n) is 22.7. The predicted octanol–water partition coefficient (Wildman–Crippen LogP) is 4.80. The molecule has 10 nitrogen and oxygen atoms in total. The average molecular weight is 537 g/mol. The minimum atomic E-state index is -0.342. The van der Waals surface area contributed by atoms with Crippen molar-refractivity contribution in [3.05, 3.63) is 67.0 Å². The van der Waals surface area contributed by atoms with E-state index in [1.165, 1.54) is 12.1 Å². The highest BCUT2D eigenvalue weighted by molar-refractivity contribution is 5.96. The van der Waals surface area contributed by atoms with Gasteiger partial charge in [-0.25, -0.2) is 14.4 Å². The highest BCUT2D eigenvalue weighted by Crippen LogP contribution is 2.33. The predicted molar refractivity (Wildman–Crippen MR) is 157 cm³/mol. The SMILES string of the molecule is CN(C)CCNc1cc(F)cc(-c2nccc3[nH]c(-c4[nH]nc5ncc(-c6cncc(N(C)C)c6)cc45)nc23)c1. The van der Waals surface area contributed by atoms with Gasteiger partial charge in [0.05, 0.1) is 28.5 Å². The van der Waals surface area contributed by atoms with Crippen molar-refractivity contribution in [2.45, 2.75) is 0 Å². The van der Waals surface area contributed by atoms with Crippen LogP contribution in [0, 0.1) is 5.82 Å². The van der Waals surface area contributed by atoms with E-state index in [0.717, 1.165) is 34.3 Å². The van der Waals surface area contributed by atoms with E-state index in [2.05, 4.69) is 46.4 Å². The van der Waals surface area contributed by atoms with Gasteiger partial charge in [-0.15, -0.1) is 0 Å². The first-order valence-electron chi connectivity index (χ1n) is 12.9. The number of benzene rings is 1. The number of rotatable bonds is 8. The second-order valence-electron chi connectivity index (χ2n) is 10.1. The number of aromatic amines is 2. The summed E-state index contributed by atoms with van der Waals surface area (Å²) in [6.45, 7) is 1.52. The van der Waals surface area contributed by atoms with Gasteiger partial charge in [0.1, 0.15) is 17.0 Å². The first-order chi connectivity index (χ1) is 19.4. The van der Waals surface area contributed by atoms with Crippen molar-refractivity contribution in [2.24, 2.45) is 0 Å². The van der Waals surface area contributed by atoms with E-state index in [1.54, 1.807) is 12.4 Å². The fourth-order valence-corrected chi connectivity index (χ4v) is 4.59. The monoisotopic (exact) mass is 536 g/mol. The molecule has 0 saturated heterocycles. The molecule has 0 atom stereocenters. The Morgan fingerprint density at radius 3 is 2.60 bits per heavy atom. The molecule has 0 radical (unpaired) electrons. The van der Waals surface area contributed by atoms with Crippen molar-refractivity contribution in [2.75, 3.05) is 51.5 Å². The van der Waals surface area contributed by atoms with Crippen LogP contribution in [0.2, 0.25) is 0 Å². The molecule has 0 unspecified atom stereocenters.